The summed E-state index contributed by atoms with van der Waals surface area (Å²) in [5.74, 6) is 2.27. The molecule has 0 radical (unpaired) electrons. The van der Waals surface area contributed by atoms with Gasteiger partial charge in [0.2, 0.25) is 5.91 Å². The largest absolute Gasteiger partial charge is 0.457 e. The van der Waals surface area contributed by atoms with E-state index in [1.165, 1.54) is 0 Å². The second kappa shape index (κ2) is 11.0. The first-order valence-electron chi connectivity index (χ1n) is 7.95. The second-order valence-electron chi connectivity index (χ2n) is 5.63. The highest BCUT2D eigenvalue weighted by Crippen LogP contribution is 2.26. The lowest BCUT2D eigenvalue weighted by molar-refractivity contribution is -0.122. The number of ether oxygens (including phenoxy) is 1. The SMILES string of the molecule is CSCC[C@H](N)C(=O)NCc1ccc(C)cc1Oc1ccccc1.Cl. The predicted molar refractivity (Wildman–Crippen MR) is 108 cm³/mol. The number of rotatable bonds is 8. The van der Waals surface area contributed by atoms with Crippen LogP contribution >= 0.6 is 24.2 Å². The molecule has 1 amide bonds. The van der Waals surface area contributed by atoms with E-state index in [9.17, 15) is 4.79 Å². The third-order valence-corrected chi connectivity index (χ3v) is 4.26. The van der Waals surface area contributed by atoms with E-state index < -0.39 is 6.04 Å². The van der Waals surface area contributed by atoms with Crippen LogP contribution in [-0.2, 0) is 11.3 Å². The average Bonchev–Trinajstić information content (AvgIpc) is 2.59. The number of amides is 1. The van der Waals surface area contributed by atoms with Gasteiger partial charge in [0.15, 0.2) is 0 Å². The molecule has 0 saturated carbocycles. The summed E-state index contributed by atoms with van der Waals surface area (Å²) in [6, 6.07) is 15.1. The van der Waals surface area contributed by atoms with Gasteiger partial charge in [-0.3, -0.25) is 4.79 Å². The molecule has 25 heavy (non-hydrogen) atoms. The van der Waals surface area contributed by atoms with Gasteiger partial charge in [0.05, 0.1) is 6.04 Å². The molecule has 0 aliphatic rings. The Kier molecular flexibility index (Phi) is 9.42. The number of aryl methyl sites for hydroxylation is 1. The molecule has 0 bridgehead atoms. The number of para-hydroxylation sites is 1. The number of benzene rings is 2. The first-order chi connectivity index (χ1) is 11.6. The molecule has 2 aromatic carbocycles. The van der Waals surface area contributed by atoms with Gasteiger partial charge >= 0.3 is 0 Å². The lowest BCUT2D eigenvalue weighted by Crippen LogP contribution is -2.40. The summed E-state index contributed by atoms with van der Waals surface area (Å²) >= 11 is 1.69. The molecule has 4 nitrogen and oxygen atoms in total. The number of nitrogens with one attached hydrogen (secondary N) is 1. The van der Waals surface area contributed by atoms with Crippen molar-refractivity contribution in [1.29, 1.82) is 0 Å². The van der Waals surface area contributed by atoms with Gasteiger partial charge in [-0.25, -0.2) is 0 Å². The molecule has 0 unspecified atom stereocenters. The van der Waals surface area contributed by atoms with Crippen molar-refractivity contribution in [2.75, 3.05) is 12.0 Å². The lowest BCUT2D eigenvalue weighted by Gasteiger charge is -2.15. The Bertz CT molecular complexity index is 668. The van der Waals surface area contributed by atoms with Gasteiger partial charge in [0.1, 0.15) is 11.5 Å². The Balaban J connectivity index is 0.00000312. The van der Waals surface area contributed by atoms with E-state index in [2.05, 4.69) is 5.32 Å². The Labute approximate surface area is 159 Å². The molecule has 0 heterocycles. The van der Waals surface area contributed by atoms with E-state index in [1.54, 1.807) is 11.8 Å². The maximum atomic E-state index is 12.1. The summed E-state index contributed by atoms with van der Waals surface area (Å²) in [5, 5.41) is 2.90. The number of hydrogen-bond donors (Lipinski definition) is 2. The third kappa shape index (κ3) is 6.98. The lowest BCUT2D eigenvalue weighted by atomic mass is 10.1. The number of nitrogens with two attached hydrogens (primary N) is 1. The van der Waals surface area contributed by atoms with E-state index in [-0.39, 0.29) is 18.3 Å². The fourth-order valence-corrected chi connectivity index (χ4v) is 2.70. The summed E-state index contributed by atoms with van der Waals surface area (Å²) < 4.78 is 5.96. The van der Waals surface area contributed by atoms with Gasteiger partial charge in [-0.15, -0.1) is 12.4 Å². The minimum atomic E-state index is -0.471. The first kappa shape index (κ1) is 21.4. The van der Waals surface area contributed by atoms with Crippen LogP contribution in [0.5, 0.6) is 11.5 Å². The summed E-state index contributed by atoms with van der Waals surface area (Å²) in [6.07, 6.45) is 2.68. The molecule has 0 saturated heterocycles. The van der Waals surface area contributed by atoms with Crippen LogP contribution in [0.1, 0.15) is 17.5 Å². The minimum absolute atomic E-state index is 0. The smallest absolute Gasteiger partial charge is 0.237 e. The molecule has 1 atom stereocenters. The van der Waals surface area contributed by atoms with E-state index in [0.717, 1.165) is 28.4 Å². The molecule has 0 fully saturated rings. The Morgan fingerprint density at radius 3 is 2.64 bits per heavy atom. The number of carbonyl (C=O) groups is 1. The second-order valence-corrected chi connectivity index (χ2v) is 6.62. The summed E-state index contributed by atoms with van der Waals surface area (Å²) in [4.78, 5) is 12.1. The van der Waals surface area contributed by atoms with Crippen molar-refractivity contribution in [3.05, 3.63) is 59.7 Å². The maximum absolute atomic E-state index is 12.1. The predicted octanol–water partition coefficient (Wildman–Crippen LogP) is 3.91. The van der Waals surface area contributed by atoms with Gasteiger partial charge in [-0.1, -0.05) is 30.3 Å². The van der Waals surface area contributed by atoms with Crippen LogP contribution in [0.15, 0.2) is 48.5 Å². The zero-order chi connectivity index (χ0) is 17.4. The van der Waals surface area contributed by atoms with Crippen LogP contribution in [0.25, 0.3) is 0 Å². The van der Waals surface area contributed by atoms with Crippen molar-refractivity contribution < 1.29 is 9.53 Å². The normalized spacial score (nSPS) is 11.3. The molecular formula is C19H25ClN2O2S. The topological polar surface area (TPSA) is 64.4 Å². The van der Waals surface area contributed by atoms with Crippen LogP contribution in [0.3, 0.4) is 0 Å². The molecule has 0 aliphatic heterocycles. The molecule has 2 rings (SSSR count). The number of hydrogen-bond acceptors (Lipinski definition) is 4. The van der Waals surface area contributed by atoms with Crippen molar-refractivity contribution in [2.45, 2.75) is 25.9 Å². The third-order valence-electron chi connectivity index (χ3n) is 3.62. The number of halogens is 1. The van der Waals surface area contributed by atoms with Crippen LogP contribution in [0.2, 0.25) is 0 Å². The molecule has 0 aromatic heterocycles. The summed E-state index contributed by atoms with van der Waals surface area (Å²) in [5.41, 5.74) is 7.93. The molecule has 0 aliphatic carbocycles. The van der Waals surface area contributed by atoms with Gasteiger partial charge < -0.3 is 15.8 Å². The van der Waals surface area contributed by atoms with E-state index >= 15 is 0 Å². The van der Waals surface area contributed by atoms with Crippen molar-refractivity contribution in [3.63, 3.8) is 0 Å². The minimum Gasteiger partial charge on any atom is -0.457 e. The van der Waals surface area contributed by atoms with Gasteiger partial charge in [-0.2, -0.15) is 11.8 Å². The molecule has 6 heteroatoms. The van der Waals surface area contributed by atoms with Crippen LogP contribution < -0.4 is 15.8 Å². The highest BCUT2D eigenvalue weighted by molar-refractivity contribution is 7.98. The Morgan fingerprint density at radius 2 is 1.96 bits per heavy atom. The molecule has 2 aromatic rings. The zero-order valence-corrected chi connectivity index (χ0v) is 16.2. The van der Waals surface area contributed by atoms with Crippen molar-refractivity contribution in [1.82, 2.24) is 5.32 Å². The Hall–Kier alpha value is -1.69. The van der Waals surface area contributed by atoms with Gasteiger partial charge in [0.25, 0.3) is 0 Å². The van der Waals surface area contributed by atoms with Crippen molar-refractivity contribution >= 4 is 30.1 Å². The van der Waals surface area contributed by atoms with E-state index in [0.29, 0.717) is 13.0 Å². The highest BCUT2D eigenvalue weighted by Gasteiger charge is 2.14. The molecular weight excluding hydrogens is 356 g/mol. The van der Waals surface area contributed by atoms with Crippen LogP contribution in [-0.4, -0.2) is 24.0 Å². The first-order valence-corrected chi connectivity index (χ1v) is 9.34. The van der Waals surface area contributed by atoms with Crippen LogP contribution in [0, 0.1) is 6.92 Å². The summed E-state index contributed by atoms with van der Waals surface area (Å²) in [6.45, 7) is 2.41. The van der Waals surface area contributed by atoms with Crippen molar-refractivity contribution in [3.8, 4) is 11.5 Å². The van der Waals surface area contributed by atoms with E-state index in [1.807, 2.05) is 61.7 Å². The van der Waals surface area contributed by atoms with Gasteiger partial charge in [0, 0.05) is 12.1 Å². The zero-order valence-electron chi connectivity index (χ0n) is 14.5. The standard InChI is InChI=1S/C19H24N2O2S.ClH/c1-14-8-9-15(13-21-19(22)17(20)10-11-24-2)18(12-14)23-16-6-4-3-5-7-16;/h3-9,12,17H,10-11,13,20H2,1-2H3,(H,21,22);1H/t17-;/m0./s1. The molecule has 0 spiro atoms. The monoisotopic (exact) mass is 380 g/mol. The maximum Gasteiger partial charge on any atom is 0.237 e. The summed E-state index contributed by atoms with van der Waals surface area (Å²) in [7, 11) is 0. The Morgan fingerprint density at radius 1 is 1.24 bits per heavy atom. The van der Waals surface area contributed by atoms with Gasteiger partial charge in [-0.05, 0) is 49.1 Å². The quantitative estimate of drug-likeness (QED) is 0.728. The molecule has 136 valence electrons. The fraction of sp³-hybridized carbons (Fsp3) is 0.316. The number of carbonyl (C=O) groups excluding carboxylic acids is 1. The average molecular weight is 381 g/mol. The van der Waals surface area contributed by atoms with Crippen LogP contribution in [0.4, 0.5) is 0 Å². The fourth-order valence-electron chi connectivity index (χ4n) is 2.21. The van der Waals surface area contributed by atoms with E-state index in [4.69, 9.17) is 10.5 Å². The number of thioether (sulfide) groups is 1. The molecule has 3 N–H and O–H groups in total. The highest BCUT2D eigenvalue weighted by atomic mass is 35.5. The van der Waals surface area contributed by atoms with Crippen molar-refractivity contribution in [2.24, 2.45) is 5.73 Å².